The fourth-order valence-corrected chi connectivity index (χ4v) is 12.7. The summed E-state index contributed by atoms with van der Waals surface area (Å²) in [6.07, 6.45) is 11.8. The van der Waals surface area contributed by atoms with Crippen LogP contribution in [0.15, 0.2) is 103 Å². The third-order valence-electron chi connectivity index (χ3n) is 8.33. The smallest absolute Gasteiger partial charge is 0.0582 e. The Morgan fingerprint density at radius 1 is 0.531 bits per heavy atom. The van der Waals surface area contributed by atoms with E-state index in [-0.39, 0.29) is 0 Å². The van der Waals surface area contributed by atoms with Crippen LogP contribution in [0.3, 0.4) is 0 Å². The minimum atomic E-state index is -1.52. The van der Waals surface area contributed by atoms with Crippen molar-refractivity contribution in [2.24, 2.45) is 11.8 Å². The molecule has 3 unspecified atom stereocenters. The molecular weight excluding hydrogens is 400 g/mol. The summed E-state index contributed by atoms with van der Waals surface area (Å²) in [5.41, 5.74) is 5.56. The molecule has 1 fully saturated rings. The van der Waals surface area contributed by atoms with Gasteiger partial charge in [-0.25, -0.2) is 0 Å². The van der Waals surface area contributed by atoms with Crippen LogP contribution in [0.5, 0.6) is 0 Å². The van der Waals surface area contributed by atoms with Gasteiger partial charge in [-0.1, -0.05) is 121 Å². The lowest BCUT2D eigenvalue weighted by Gasteiger charge is -2.41. The SMILES string of the molecule is C1=CC2CC1CC2[Si](CCc1ccccc1)(CCc1ccccc1)CCc1ccccc1. The summed E-state index contributed by atoms with van der Waals surface area (Å²) >= 11 is 0. The maximum absolute atomic E-state index is 2.61. The van der Waals surface area contributed by atoms with Crippen LogP contribution in [-0.4, -0.2) is 8.07 Å². The van der Waals surface area contributed by atoms with Gasteiger partial charge in [0, 0.05) is 0 Å². The molecule has 1 saturated carbocycles. The fourth-order valence-electron chi connectivity index (χ4n) is 6.53. The van der Waals surface area contributed by atoms with Crippen LogP contribution in [0.1, 0.15) is 29.5 Å². The summed E-state index contributed by atoms with van der Waals surface area (Å²) in [6, 6.07) is 38.1. The van der Waals surface area contributed by atoms with Crippen molar-refractivity contribution in [2.75, 3.05) is 0 Å². The summed E-state index contributed by atoms with van der Waals surface area (Å²) in [5.74, 6) is 1.72. The van der Waals surface area contributed by atoms with Crippen molar-refractivity contribution >= 4 is 8.07 Å². The Morgan fingerprint density at radius 2 is 0.969 bits per heavy atom. The average Bonchev–Trinajstić information content (AvgIpc) is 3.50. The Balaban J connectivity index is 1.43. The van der Waals surface area contributed by atoms with Crippen molar-refractivity contribution in [1.29, 1.82) is 0 Å². The number of allylic oxidation sites excluding steroid dienone is 2. The molecule has 0 amide bonds. The largest absolute Gasteiger partial charge is 0.0851 e. The molecule has 2 aliphatic carbocycles. The van der Waals surface area contributed by atoms with E-state index in [0.717, 1.165) is 17.4 Å². The number of hydrogen-bond donors (Lipinski definition) is 0. The van der Waals surface area contributed by atoms with Gasteiger partial charge >= 0.3 is 0 Å². The number of benzene rings is 3. The molecule has 2 bridgehead atoms. The van der Waals surface area contributed by atoms with Crippen LogP contribution in [0.25, 0.3) is 0 Å². The molecule has 164 valence electrons. The topological polar surface area (TPSA) is 0 Å². The monoisotopic (exact) mass is 436 g/mol. The van der Waals surface area contributed by atoms with E-state index in [4.69, 9.17) is 0 Å². The van der Waals surface area contributed by atoms with Crippen molar-refractivity contribution in [3.63, 3.8) is 0 Å². The summed E-state index contributed by atoms with van der Waals surface area (Å²) in [7, 11) is -1.52. The highest BCUT2D eigenvalue weighted by molar-refractivity contribution is 6.81. The van der Waals surface area contributed by atoms with Gasteiger partial charge in [0.05, 0.1) is 8.07 Å². The third-order valence-corrected chi connectivity index (χ3v) is 14.3. The lowest BCUT2D eigenvalue weighted by Crippen LogP contribution is -2.43. The molecule has 2 aliphatic rings. The van der Waals surface area contributed by atoms with Crippen LogP contribution in [0.4, 0.5) is 0 Å². The van der Waals surface area contributed by atoms with E-state index < -0.39 is 8.07 Å². The highest BCUT2D eigenvalue weighted by Crippen LogP contribution is 2.55. The zero-order valence-corrected chi connectivity index (χ0v) is 20.2. The van der Waals surface area contributed by atoms with Crippen LogP contribution in [0, 0.1) is 11.8 Å². The highest BCUT2D eigenvalue weighted by atomic mass is 28.3. The van der Waals surface area contributed by atoms with Gasteiger partial charge in [0.25, 0.3) is 0 Å². The first-order valence-corrected chi connectivity index (χ1v) is 15.3. The third kappa shape index (κ3) is 4.99. The number of aryl methyl sites for hydroxylation is 3. The van der Waals surface area contributed by atoms with E-state index >= 15 is 0 Å². The summed E-state index contributed by atoms with van der Waals surface area (Å²) in [5, 5.41) is 0. The minimum Gasteiger partial charge on any atom is -0.0851 e. The predicted octanol–water partition coefficient (Wildman–Crippen LogP) is 8.13. The van der Waals surface area contributed by atoms with Crippen molar-refractivity contribution in [3.8, 4) is 0 Å². The lowest BCUT2D eigenvalue weighted by atomic mass is 10.1. The standard InChI is InChI=1S/C31H36Si/c1-4-10-26(11-5-1)18-21-32(22-19-27-12-6-2-7-13-27,23-20-28-14-8-3-9-15-28)31-25-29-16-17-30(31)24-29/h1-17,29-31H,18-25H2. The second-order valence-corrected chi connectivity index (χ2v) is 15.2. The van der Waals surface area contributed by atoms with Gasteiger partial charge in [0.15, 0.2) is 0 Å². The van der Waals surface area contributed by atoms with Gasteiger partial charge in [0.2, 0.25) is 0 Å². The Hall–Kier alpha value is -2.38. The summed E-state index contributed by atoms with van der Waals surface area (Å²) in [6.45, 7) is 0. The highest BCUT2D eigenvalue weighted by Gasteiger charge is 2.48. The molecule has 0 N–H and O–H groups in total. The Labute approximate surface area is 195 Å². The van der Waals surface area contributed by atoms with E-state index in [0.29, 0.717) is 0 Å². The first-order valence-electron chi connectivity index (χ1n) is 12.6. The second-order valence-electron chi connectivity index (χ2n) is 10.2. The second kappa shape index (κ2) is 10.0. The number of hydrogen-bond acceptors (Lipinski definition) is 0. The molecule has 0 heterocycles. The molecule has 0 aromatic heterocycles. The van der Waals surface area contributed by atoms with Gasteiger partial charge in [-0.05, 0) is 66.2 Å². The minimum absolute atomic E-state index is 0.856. The zero-order valence-electron chi connectivity index (χ0n) is 19.2. The maximum Gasteiger partial charge on any atom is 0.0582 e. The predicted molar refractivity (Wildman–Crippen MR) is 140 cm³/mol. The van der Waals surface area contributed by atoms with Crippen LogP contribution >= 0.6 is 0 Å². The van der Waals surface area contributed by atoms with E-state index in [1.54, 1.807) is 0 Å². The van der Waals surface area contributed by atoms with E-state index in [9.17, 15) is 0 Å². The van der Waals surface area contributed by atoms with Crippen LogP contribution in [-0.2, 0) is 19.3 Å². The van der Waals surface area contributed by atoms with Crippen molar-refractivity contribution in [2.45, 2.75) is 55.8 Å². The molecule has 0 saturated heterocycles. The number of rotatable bonds is 10. The van der Waals surface area contributed by atoms with Gasteiger partial charge in [-0.2, -0.15) is 0 Å². The van der Waals surface area contributed by atoms with Gasteiger partial charge in [-0.3, -0.25) is 0 Å². The molecule has 0 nitrogen and oxygen atoms in total. The van der Waals surface area contributed by atoms with E-state index in [2.05, 4.69) is 103 Å². The van der Waals surface area contributed by atoms with Crippen LogP contribution in [0.2, 0.25) is 23.7 Å². The zero-order chi connectivity index (χ0) is 21.6. The lowest BCUT2D eigenvalue weighted by molar-refractivity contribution is 0.651. The molecule has 0 aliphatic heterocycles. The van der Waals surface area contributed by atoms with Crippen LogP contribution < -0.4 is 0 Å². The molecule has 3 aromatic rings. The van der Waals surface area contributed by atoms with E-state index in [1.807, 2.05) is 0 Å². The molecule has 0 spiro atoms. The van der Waals surface area contributed by atoms with Crippen molar-refractivity contribution in [1.82, 2.24) is 0 Å². The van der Waals surface area contributed by atoms with Crippen molar-refractivity contribution < 1.29 is 0 Å². The summed E-state index contributed by atoms with van der Waals surface area (Å²) < 4.78 is 0. The normalized spacial score (nSPS) is 21.8. The fraction of sp³-hybridized carbons (Fsp3) is 0.355. The molecular formula is C31H36Si. The molecule has 1 heteroatoms. The molecule has 0 radical (unpaired) electrons. The quantitative estimate of drug-likeness (QED) is 0.222. The molecule has 3 atom stereocenters. The van der Waals surface area contributed by atoms with Crippen molar-refractivity contribution in [3.05, 3.63) is 120 Å². The first kappa shape index (κ1) is 21.5. The molecule has 32 heavy (non-hydrogen) atoms. The Kier molecular flexibility index (Phi) is 6.74. The molecule has 5 rings (SSSR count). The average molecular weight is 437 g/mol. The Bertz CT molecular complexity index is 886. The van der Waals surface area contributed by atoms with Gasteiger partial charge in [0.1, 0.15) is 0 Å². The first-order chi connectivity index (χ1) is 15.8. The summed E-state index contributed by atoms with van der Waals surface area (Å²) in [4.78, 5) is 0. The number of fused-ring (bicyclic) bond motifs is 2. The Morgan fingerprint density at radius 3 is 1.31 bits per heavy atom. The maximum atomic E-state index is 2.61. The molecule has 3 aromatic carbocycles. The van der Waals surface area contributed by atoms with Gasteiger partial charge < -0.3 is 0 Å². The van der Waals surface area contributed by atoms with Gasteiger partial charge in [-0.15, -0.1) is 0 Å². The van der Waals surface area contributed by atoms with E-state index in [1.165, 1.54) is 66.9 Å².